The Morgan fingerprint density at radius 1 is 0.649 bits per heavy atom. The smallest absolute Gasteiger partial charge is 0.340 e. The SMILES string of the molecule is CC.CC.CCN(CC)c1ccc2c(c1)Oc1cc(N(CC)CC)ccc1C21OC(=O)c2ccccc21. The summed E-state index contributed by atoms with van der Waals surface area (Å²) < 4.78 is 12.8. The minimum absolute atomic E-state index is 0.301. The van der Waals surface area contributed by atoms with Gasteiger partial charge in [-0.1, -0.05) is 45.9 Å². The maximum absolute atomic E-state index is 13.0. The van der Waals surface area contributed by atoms with Gasteiger partial charge >= 0.3 is 5.97 Å². The van der Waals surface area contributed by atoms with E-state index in [4.69, 9.17) is 9.47 Å². The zero-order valence-corrected chi connectivity index (χ0v) is 23.7. The normalized spacial score (nSPS) is 13.5. The molecule has 0 radical (unpaired) electrons. The largest absolute Gasteiger partial charge is 0.456 e. The highest BCUT2D eigenvalue weighted by Crippen LogP contribution is 2.57. The van der Waals surface area contributed by atoms with E-state index in [0.717, 1.165) is 65.7 Å². The lowest BCUT2D eigenvalue weighted by Crippen LogP contribution is -2.33. The number of esters is 1. The van der Waals surface area contributed by atoms with Gasteiger partial charge in [0.2, 0.25) is 0 Å². The average Bonchev–Trinajstić information content (AvgIpc) is 3.25. The number of carbonyl (C=O) groups is 1. The van der Waals surface area contributed by atoms with E-state index in [1.54, 1.807) is 0 Å². The number of anilines is 2. The number of benzene rings is 3. The van der Waals surface area contributed by atoms with Gasteiger partial charge in [-0.3, -0.25) is 0 Å². The number of hydrogen-bond donors (Lipinski definition) is 0. The van der Waals surface area contributed by atoms with Crippen LogP contribution in [-0.2, 0) is 10.3 Å². The van der Waals surface area contributed by atoms with Gasteiger partial charge in [-0.2, -0.15) is 0 Å². The van der Waals surface area contributed by atoms with E-state index < -0.39 is 5.60 Å². The first-order valence-electron chi connectivity index (χ1n) is 13.9. The fourth-order valence-electron chi connectivity index (χ4n) is 5.22. The van der Waals surface area contributed by atoms with Crippen LogP contribution in [-0.4, -0.2) is 32.1 Å². The highest BCUT2D eigenvalue weighted by atomic mass is 16.6. The Balaban J connectivity index is 0.000000907. The lowest BCUT2D eigenvalue weighted by molar-refractivity contribution is 0.0224. The molecule has 2 aliphatic rings. The summed E-state index contributed by atoms with van der Waals surface area (Å²) in [6.45, 7) is 20.2. The second kappa shape index (κ2) is 12.2. The quantitative estimate of drug-likeness (QED) is 0.319. The molecule has 5 rings (SSSR count). The molecule has 0 bridgehead atoms. The lowest BCUT2D eigenvalue weighted by Gasteiger charge is -2.37. The summed E-state index contributed by atoms with van der Waals surface area (Å²) in [7, 11) is 0. The van der Waals surface area contributed by atoms with E-state index in [0.29, 0.717) is 5.56 Å². The number of ether oxygens (including phenoxy) is 2. The lowest BCUT2D eigenvalue weighted by atomic mass is 9.77. The minimum Gasteiger partial charge on any atom is -0.456 e. The average molecular weight is 503 g/mol. The highest BCUT2D eigenvalue weighted by molar-refractivity contribution is 5.97. The van der Waals surface area contributed by atoms with Crippen LogP contribution < -0.4 is 14.5 Å². The summed E-state index contributed by atoms with van der Waals surface area (Å²) in [5.41, 5.74) is 4.37. The molecule has 0 saturated heterocycles. The van der Waals surface area contributed by atoms with Crippen molar-refractivity contribution in [2.45, 2.75) is 61.0 Å². The van der Waals surface area contributed by atoms with Crippen molar-refractivity contribution in [1.29, 1.82) is 0 Å². The van der Waals surface area contributed by atoms with Gasteiger partial charge in [-0.15, -0.1) is 0 Å². The topological polar surface area (TPSA) is 42.0 Å². The van der Waals surface area contributed by atoms with Gasteiger partial charge in [0.15, 0.2) is 5.60 Å². The summed E-state index contributed by atoms with van der Waals surface area (Å²) >= 11 is 0. The Labute approximate surface area is 223 Å². The second-order valence-corrected chi connectivity index (χ2v) is 8.42. The van der Waals surface area contributed by atoms with Crippen LogP contribution in [0, 0.1) is 0 Å². The summed E-state index contributed by atoms with van der Waals surface area (Å²) in [4.78, 5) is 17.6. The van der Waals surface area contributed by atoms with Crippen molar-refractivity contribution in [1.82, 2.24) is 0 Å². The number of nitrogens with zero attached hydrogens (tertiary/aromatic N) is 2. The van der Waals surface area contributed by atoms with Gasteiger partial charge in [0, 0.05) is 66.4 Å². The molecular formula is C32H42N2O3. The Morgan fingerprint density at radius 3 is 1.57 bits per heavy atom. The van der Waals surface area contributed by atoms with Crippen LogP contribution in [0.15, 0.2) is 60.7 Å². The Bertz CT molecular complexity index is 1150. The molecule has 1 spiro atoms. The van der Waals surface area contributed by atoms with Crippen LogP contribution in [0.2, 0.25) is 0 Å². The summed E-state index contributed by atoms with van der Waals surface area (Å²) in [6, 6.07) is 20.1. The third kappa shape index (κ3) is 4.68. The zero-order valence-electron chi connectivity index (χ0n) is 23.7. The van der Waals surface area contributed by atoms with Crippen LogP contribution in [0.1, 0.15) is 82.4 Å². The van der Waals surface area contributed by atoms with Crippen LogP contribution in [0.25, 0.3) is 0 Å². The predicted molar refractivity (Wildman–Crippen MR) is 155 cm³/mol. The molecule has 0 atom stereocenters. The zero-order chi connectivity index (χ0) is 27.2. The second-order valence-electron chi connectivity index (χ2n) is 8.42. The predicted octanol–water partition coefficient (Wildman–Crippen LogP) is 8.00. The summed E-state index contributed by atoms with van der Waals surface area (Å²) in [6.07, 6.45) is 0. The molecule has 37 heavy (non-hydrogen) atoms. The molecule has 0 amide bonds. The van der Waals surface area contributed by atoms with Crippen molar-refractivity contribution in [3.63, 3.8) is 0 Å². The molecule has 2 aliphatic heterocycles. The molecule has 3 aromatic carbocycles. The number of rotatable bonds is 6. The summed E-state index contributed by atoms with van der Waals surface area (Å²) in [5.74, 6) is 1.16. The number of hydrogen-bond acceptors (Lipinski definition) is 5. The molecular weight excluding hydrogens is 460 g/mol. The van der Waals surface area contributed by atoms with Crippen LogP contribution in [0.5, 0.6) is 11.5 Å². The molecule has 2 heterocycles. The third-order valence-electron chi connectivity index (χ3n) is 6.94. The van der Waals surface area contributed by atoms with Crippen molar-refractivity contribution in [2.24, 2.45) is 0 Å². The first kappa shape index (κ1) is 28.1. The van der Waals surface area contributed by atoms with Crippen molar-refractivity contribution in [3.8, 4) is 11.5 Å². The summed E-state index contributed by atoms with van der Waals surface area (Å²) in [5, 5.41) is 0. The van der Waals surface area contributed by atoms with E-state index in [2.05, 4.69) is 73.9 Å². The van der Waals surface area contributed by atoms with E-state index in [1.807, 2.05) is 52.0 Å². The minimum atomic E-state index is -1.01. The Hall–Kier alpha value is -3.47. The Kier molecular flexibility index (Phi) is 9.25. The molecule has 5 heteroatoms. The van der Waals surface area contributed by atoms with Gasteiger partial charge in [0.25, 0.3) is 0 Å². The van der Waals surface area contributed by atoms with E-state index in [1.165, 1.54) is 0 Å². The van der Waals surface area contributed by atoms with E-state index >= 15 is 0 Å². The van der Waals surface area contributed by atoms with Crippen molar-refractivity contribution in [2.75, 3.05) is 36.0 Å². The van der Waals surface area contributed by atoms with Gasteiger partial charge < -0.3 is 19.3 Å². The third-order valence-corrected chi connectivity index (χ3v) is 6.94. The van der Waals surface area contributed by atoms with Crippen molar-refractivity contribution < 1.29 is 14.3 Å². The molecule has 0 fully saturated rings. The van der Waals surface area contributed by atoms with Crippen molar-refractivity contribution in [3.05, 3.63) is 82.9 Å². The molecule has 0 N–H and O–H groups in total. The number of carbonyl (C=O) groups excluding carboxylic acids is 1. The molecule has 0 aliphatic carbocycles. The highest BCUT2D eigenvalue weighted by Gasteiger charge is 2.53. The van der Waals surface area contributed by atoms with Gasteiger partial charge in [-0.25, -0.2) is 4.79 Å². The molecule has 0 saturated carbocycles. The molecule has 0 unspecified atom stereocenters. The van der Waals surface area contributed by atoms with Crippen molar-refractivity contribution >= 4 is 17.3 Å². The van der Waals surface area contributed by atoms with Gasteiger partial charge in [0.1, 0.15) is 11.5 Å². The maximum atomic E-state index is 13.0. The van der Waals surface area contributed by atoms with Crippen LogP contribution in [0.3, 0.4) is 0 Å². The van der Waals surface area contributed by atoms with Gasteiger partial charge in [-0.05, 0) is 58.0 Å². The first-order chi connectivity index (χ1) is 18.1. The molecule has 198 valence electrons. The molecule has 5 nitrogen and oxygen atoms in total. The fourth-order valence-corrected chi connectivity index (χ4v) is 5.22. The van der Waals surface area contributed by atoms with E-state index in [-0.39, 0.29) is 5.97 Å². The standard InChI is InChI=1S/C28H30N2O3.2C2H6/c1-5-29(6-2)19-13-15-23-25(17-19)32-26-18-20(30(7-3)8-4)14-16-24(26)28(23)22-12-10-9-11-21(22)27(31)33-28;2*1-2/h9-18H,5-8H2,1-4H3;2*1-2H3. The van der Waals surface area contributed by atoms with Crippen LogP contribution >= 0.6 is 0 Å². The molecule has 0 aromatic heterocycles. The number of fused-ring (bicyclic) bond motifs is 6. The Morgan fingerprint density at radius 2 is 1.11 bits per heavy atom. The fraction of sp³-hybridized carbons (Fsp3) is 0.406. The monoisotopic (exact) mass is 502 g/mol. The maximum Gasteiger partial charge on any atom is 0.340 e. The van der Waals surface area contributed by atoms with Crippen LogP contribution in [0.4, 0.5) is 11.4 Å². The van der Waals surface area contributed by atoms with Gasteiger partial charge in [0.05, 0.1) is 5.56 Å². The van der Waals surface area contributed by atoms with E-state index in [9.17, 15) is 4.79 Å². The first-order valence-corrected chi connectivity index (χ1v) is 13.9. The molecule has 3 aromatic rings.